The molecule has 0 aromatic heterocycles. The van der Waals surface area contributed by atoms with Crippen LogP contribution in [-0.2, 0) is 16.0 Å². The lowest BCUT2D eigenvalue weighted by Crippen LogP contribution is -2.43. The van der Waals surface area contributed by atoms with E-state index in [1.54, 1.807) is 4.90 Å². The number of hydrogen-bond donors (Lipinski definition) is 1. The van der Waals surface area contributed by atoms with Crippen molar-refractivity contribution in [2.75, 3.05) is 6.54 Å². The van der Waals surface area contributed by atoms with Crippen molar-refractivity contribution in [3.05, 3.63) is 66.2 Å². The number of nitrogens with zero attached hydrogens (tertiary/aromatic N) is 1. The number of carbonyl (C=O) groups excluding carboxylic acids is 2. The molecule has 2 aromatic carbocycles. The average molecular weight is 338 g/mol. The Morgan fingerprint density at radius 1 is 1.04 bits per heavy atom. The fraction of sp³-hybridized carbons (Fsp3) is 0.300. The molecule has 130 valence electrons. The van der Waals surface area contributed by atoms with Crippen LogP contribution in [0.15, 0.2) is 60.7 Å². The molecule has 2 amide bonds. The SMILES string of the molecule is NC(=O)[C@@H]1C[C@H](Oc2ccccc2)CN1C(=O)CCc1ccccc1. The smallest absolute Gasteiger partial charge is 0.240 e. The number of hydrogen-bond acceptors (Lipinski definition) is 3. The van der Waals surface area contributed by atoms with Gasteiger partial charge < -0.3 is 15.4 Å². The topological polar surface area (TPSA) is 72.6 Å². The number of aryl methyl sites for hydroxylation is 1. The van der Waals surface area contributed by atoms with Crippen molar-refractivity contribution in [2.24, 2.45) is 5.73 Å². The number of ether oxygens (including phenoxy) is 1. The summed E-state index contributed by atoms with van der Waals surface area (Å²) >= 11 is 0. The first-order chi connectivity index (χ1) is 12.1. The number of primary amides is 1. The van der Waals surface area contributed by atoms with Crippen molar-refractivity contribution in [2.45, 2.75) is 31.4 Å². The second kappa shape index (κ2) is 7.83. The number of para-hydroxylation sites is 1. The van der Waals surface area contributed by atoms with Crippen LogP contribution in [0.1, 0.15) is 18.4 Å². The Hall–Kier alpha value is -2.82. The van der Waals surface area contributed by atoms with E-state index in [1.807, 2.05) is 60.7 Å². The number of rotatable bonds is 6. The predicted octanol–water partition coefficient (Wildman–Crippen LogP) is 2.15. The number of likely N-dealkylation sites (tertiary alicyclic amines) is 1. The van der Waals surface area contributed by atoms with Crippen molar-refractivity contribution in [1.29, 1.82) is 0 Å². The first-order valence-corrected chi connectivity index (χ1v) is 8.48. The molecule has 1 saturated heterocycles. The highest BCUT2D eigenvalue weighted by Crippen LogP contribution is 2.24. The maximum absolute atomic E-state index is 12.6. The predicted molar refractivity (Wildman–Crippen MR) is 94.9 cm³/mol. The van der Waals surface area contributed by atoms with Gasteiger partial charge in [-0.05, 0) is 24.1 Å². The molecule has 0 saturated carbocycles. The van der Waals surface area contributed by atoms with Crippen LogP contribution in [-0.4, -0.2) is 35.4 Å². The van der Waals surface area contributed by atoms with E-state index in [4.69, 9.17) is 10.5 Å². The Morgan fingerprint density at radius 3 is 2.32 bits per heavy atom. The molecule has 5 nitrogen and oxygen atoms in total. The molecule has 0 radical (unpaired) electrons. The molecule has 2 atom stereocenters. The molecule has 0 bridgehead atoms. The molecule has 1 aliphatic rings. The Labute approximate surface area is 147 Å². The fourth-order valence-electron chi connectivity index (χ4n) is 3.16. The highest BCUT2D eigenvalue weighted by atomic mass is 16.5. The minimum absolute atomic E-state index is 0.0631. The standard InChI is InChI=1S/C20H22N2O3/c21-20(24)18-13-17(25-16-9-5-2-6-10-16)14-22(18)19(23)12-11-15-7-3-1-4-8-15/h1-10,17-18H,11-14H2,(H2,21,24)/t17-,18-/m0/s1. The molecule has 2 N–H and O–H groups in total. The van der Waals surface area contributed by atoms with Gasteiger partial charge in [0.15, 0.2) is 0 Å². The molecule has 2 aromatic rings. The van der Waals surface area contributed by atoms with E-state index in [-0.39, 0.29) is 12.0 Å². The van der Waals surface area contributed by atoms with Crippen molar-refractivity contribution in [3.8, 4) is 5.75 Å². The molecule has 25 heavy (non-hydrogen) atoms. The van der Waals surface area contributed by atoms with E-state index < -0.39 is 11.9 Å². The molecule has 0 aliphatic carbocycles. The zero-order valence-corrected chi connectivity index (χ0v) is 14.0. The highest BCUT2D eigenvalue weighted by Gasteiger charge is 2.39. The zero-order chi connectivity index (χ0) is 17.6. The third-order valence-electron chi connectivity index (χ3n) is 4.43. The molecule has 3 rings (SSSR count). The van der Waals surface area contributed by atoms with Crippen LogP contribution in [0, 0.1) is 0 Å². The monoisotopic (exact) mass is 338 g/mol. The van der Waals surface area contributed by atoms with Gasteiger partial charge in [-0.1, -0.05) is 48.5 Å². The summed E-state index contributed by atoms with van der Waals surface area (Å²) in [6.07, 6.45) is 1.21. The zero-order valence-electron chi connectivity index (χ0n) is 14.0. The minimum Gasteiger partial charge on any atom is -0.488 e. The van der Waals surface area contributed by atoms with E-state index in [9.17, 15) is 9.59 Å². The Bertz CT molecular complexity index is 718. The summed E-state index contributed by atoms with van der Waals surface area (Å²) < 4.78 is 5.90. The van der Waals surface area contributed by atoms with Gasteiger partial charge >= 0.3 is 0 Å². The summed E-state index contributed by atoms with van der Waals surface area (Å²) in [6.45, 7) is 0.385. The number of benzene rings is 2. The van der Waals surface area contributed by atoms with Crippen LogP contribution in [0.2, 0.25) is 0 Å². The minimum atomic E-state index is -0.600. The van der Waals surface area contributed by atoms with Gasteiger partial charge in [0.05, 0.1) is 6.54 Å². The molecule has 1 fully saturated rings. The normalized spacial score (nSPS) is 19.6. The number of amides is 2. The average Bonchev–Trinajstić information content (AvgIpc) is 3.06. The maximum atomic E-state index is 12.6. The molecular weight excluding hydrogens is 316 g/mol. The molecule has 1 aliphatic heterocycles. The van der Waals surface area contributed by atoms with Crippen molar-refractivity contribution in [1.82, 2.24) is 4.90 Å². The van der Waals surface area contributed by atoms with Crippen LogP contribution < -0.4 is 10.5 Å². The van der Waals surface area contributed by atoms with E-state index in [1.165, 1.54) is 0 Å². The van der Waals surface area contributed by atoms with E-state index in [2.05, 4.69) is 0 Å². The van der Waals surface area contributed by atoms with Gasteiger partial charge in [0.2, 0.25) is 11.8 Å². The number of nitrogens with two attached hydrogens (primary N) is 1. The lowest BCUT2D eigenvalue weighted by molar-refractivity contribution is -0.137. The molecule has 0 spiro atoms. The van der Waals surface area contributed by atoms with Crippen molar-refractivity contribution in [3.63, 3.8) is 0 Å². The summed E-state index contributed by atoms with van der Waals surface area (Å²) in [5.41, 5.74) is 6.60. The van der Waals surface area contributed by atoms with Gasteiger partial charge in [-0.15, -0.1) is 0 Å². The van der Waals surface area contributed by atoms with Crippen LogP contribution in [0.25, 0.3) is 0 Å². The summed E-state index contributed by atoms with van der Waals surface area (Å²) in [7, 11) is 0. The first kappa shape index (κ1) is 17.0. The van der Waals surface area contributed by atoms with Crippen LogP contribution >= 0.6 is 0 Å². The molecule has 5 heteroatoms. The number of carbonyl (C=O) groups is 2. The van der Waals surface area contributed by atoms with Gasteiger partial charge in [-0.25, -0.2) is 0 Å². The van der Waals surface area contributed by atoms with Gasteiger partial charge in [-0.3, -0.25) is 9.59 Å². The molecular formula is C20H22N2O3. The van der Waals surface area contributed by atoms with Crippen LogP contribution in [0.3, 0.4) is 0 Å². The van der Waals surface area contributed by atoms with Crippen molar-refractivity contribution < 1.29 is 14.3 Å². The summed E-state index contributed by atoms with van der Waals surface area (Å²) in [5.74, 6) is 0.188. The van der Waals surface area contributed by atoms with E-state index >= 15 is 0 Å². The van der Waals surface area contributed by atoms with Crippen molar-refractivity contribution >= 4 is 11.8 Å². The van der Waals surface area contributed by atoms with Gasteiger partial charge in [-0.2, -0.15) is 0 Å². The third kappa shape index (κ3) is 4.38. The Morgan fingerprint density at radius 2 is 1.68 bits per heavy atom. The first-order valence-electron chi connectivity index (χ1n) is 8.48. The van der Waals surface area contributed by atoms with Gasteiger partial charge in [0.25, 0.3) is 0 Å². The van der Waals surface area contributed by atoms with E-state index in [0.29, 0.717) is 25.8 Å². The quantitative estimate of drug-likeness (QED) is 0.877. The Kier molecular flexibility index (Phi) is 5.33. The lowest BCUT2D eigenvalue weighted by Gasteiger charge is -2.22. The Balaban J connectivity index is 1.62. The second-order valence-corrected chi connectivity index (χ2v) is 6.24. The summed E-state index contributed by atoms with van der Waals surface area (Å²) in [4.78, 5) is 25.9. The largest absolute Gasteiger partial charge is 0.488 e. The molecule has 0 unspecified atom stereocenters. The van der Waals surface area contributed by atoms with Crippen LogP contribution in [0.4, 0.5) is 0 Å². The fourth-order valence-corrected chi connectivity index (χ4v) is 3.16. The molecule has 1 heterocycles. The van der Waals surface area contributed by atoms with Gasteiger partial charge in [0, 0.05) is 12.8 Å². The maximum Gasteiger partial charge on any atom is 0.240 e. The van der Waals surface area contributed by atoms with E-state index in [0.717, 1.165) is 11.3 Å². The summed E-state index contributed by atoms with van der Waals surface area (Å²) in [5, 5.41) is 0. The lowest BCUT2D eigenvalue weighted by atomic mass is 10.1. The van der Waals surface area contributed by atoms with Gasteiger partial charge in [0.1, 0.15) is 17.9 Å². The summed E-state index contributed by atoms with van der Waals surface area (Å²) in [6, 6.07) is 18.6. The highest BCUT2D eigenvalue weighted by molar-refractivity contribution is 5.87. The van der Waals surface area contributed by atoms with Crippen LogP contribution in [0.5, 0.6) is 5.75 Å². The third-order valence-corrected chi connectivity index (χ3v) is 4.43. The second-order valence-electron chi connectivity index (χ2n) is 6.24.